The number of nitrogens with one attached hydrogen (secondary N) is 2. The van der Waals surface area contributed by atoms with Crippen LogP contribution in [-0.2, 0) is 21.4 Å². The number of amides is 2. The molecule has 2 aromatic carbocycles. The molecule has 0 aromatic heterocycles. The third-order valence-electron chi connectivity index (χ3n) is 6.91. The number of oxime groups is 1. The molecule has 0 radical (unpaired) electrons. The Hall–Kier alpha value is -3.86. The standard InChI is InChI=1S/C26H20ClF7N4O3/c1-13-6-14(2-3-16(13)22(40)36-10-20(39)37-12-23(11-35)4-5-23)19-9-24(41-38-19,26(32,33)34)17-7-15(25(29,30)31)8-18(27)21(17)28/h2-3,6-8H,4-5,9-10,12H2,1H3,(H,36,40)(H,37,39). The van der Waals surface area contributed by atoms with Gasteiger partial charge in [-0.15, -0.1) is 0 Å². The lowest BCUT2D eigenvalue weighted by atomic mass is 9.85. The summed E-state index contributed by atoms with van der Waals surface area (Å²) in [5.74, 6) is -2.92. The van der Waals surface area contributed by atoms with Crippen LogP contribution in [0.1, 0.15) is 51.9 Å². The van der Waals surface area contributed by atoms with E-state index in [4.69, 9.17) is 16.9 Å². The topological polar surface area (TPSA) is 104 Å². The lowest BCUT2D eigenvalue weighted by molar-refractivity contribution is -0.276. The number of benzene rings is 2. The lowest BCUT2D eigenvalue weighted by Gasteiger charge is -2.30. The normalized spacial score (nSPS) is 19.6. The molecule has 0 spiro atoms. The van der Waals surface area contributed by atoms with Crippen LogP contribution in [-0.4, -0.2) is 36.8 Å². The zero-order valence-corrected chi connectivity index (χ0v) is 21.8. The van der Waals surface area contributed by atoms with Crippen LogP contribution in [0.4, 0.5) is 30.7 Å². The van der Waals surface area contributed by atoms with Crippen LogP contribution in [0.25, 0.3) is 0 Å². The Kier molecular flexibility index (Phi) is 7.72. The van der Waals surface area contributed by atoms with E-state index in [0.29, 0.717) is 12.8 Å². The van der Waals surface area contributed by atoms with Crippen molar-refractivity contribution in [2.45, 2.75) is 44.1 Å². The van der Waals surface area contributed by atoms with Crippen molar-refractivity contribution in [2.24, 2.45) is 10.6 Å². The molecule has 2 aromatic rings. The van der Waals surface area contributed by atoms with E-state index in [1.165, 1.54) is 25.1 Å². The van der Waals surface area contributed by atoms with Crippen molar-refractivity contribution in [1.82, 2.24) is 10.6 Å². The van der Waals surface area contributed by atoms with Gasteiger partial charge in [-0.2, -0.15) is 31.6 Å². The van der Waals surface area contributed by atoms with Gasteiger partial charge in [0.25, 0.3) is 11.5 Å². The molecule has 2 amide bonds. The number of hydrogen-bond acceptors (Lipinski definition) is 5. The molecule has 1 aliphatic carbocycles. The van der Waals surface area contributed by atoms with E-state index in [1.807, 2.05) is 0 Å². The maximum Gasteiger partial charge on any atom is 0.435 e. The molecule has 0 bridgehead atoms. The fourth-order valence-corrected chi connectivity index (χ4v) is 4.47. The number of nitrogens with zero attached hydrogens (tertiary/aromatic N) is 2. The molecule has 4 rings (SSSR count). The van der Waals surface area contributed by atoms with Crippen LogP contribution < -0.4 is 10.6 Å². The summed E-state index contributed by atoms with van der Waals surface area (Å²) < 4.78 is 97.5. The summed E-state index contributed by atoms with van der Waals surface area (Å²) in [5.41, 5.74) is -7.23. The van der Waals surface area contributed by atoms with Gasteiger partial charge in [0.05, 0.1) is 40.7 Å². The molecule has 7 nitrogen and oxygen atoms in total. The Morgan fingerprint density at radius 1 is 1.12 bits per heavy atom. The van der Waals surface area contributed by atoms with Crippen LogP contribution in [0.5, 0.6) is 0 Å². The zero-order valence-electron chi connectivity index (χ0n) is 21.1. The first-order valence-electron chi connectivity index (χ1n) is 12.0. The van der Waals surface area contributed by atoms with Crippen molar-refractivity contribution < 1.29 is 45.2 Å². The SMILES string of the molecule is Cc1cc(C2=NOC(c3cc(C(F)(F)F)cc(Cl)c3F)(C(F)(F)F)C2)ccc1C(=O)NCC(=O)NCC1(C#N)CC1. The van der Waals surface area contributed by atoms with Gasteiger partial charge in [0.15, 0.2) is 0 Å². The number of hydrogen-bond donors (Lipinski definition) is 2. The first kappa shape index (κ1) is 30.1. The number of aryl methyl sites for hydroxylation is 1. The Balaban J connectivity index is 1.52. The summed E-state index contributed by atoms with van der Waals surface area (Å²) in [6.07, 6.45) is -10.4. The highest BCUT2D eigenvalue weighted by molar-refractivity contribution is 6.30. The number of rotatable bonds is 7. The molecular weight excluding hydrogens is 585 g/mol. The van der Waals surface area contributed by atoms with Gasteiger partial charge in [-0.25, -0.2) is 4.39 Å². The van der Waals surface area contributed by atoms with Gasteiger partial charge in [0.1, 0.15) is 5.82 Å². The van der Waals surface area contributed by atoms with Crippen molar-refractivity contribution >= 4 is 29.1 Å². The summed E-state index contributed by atoms with van der Waals surface area (Å²) in [4.78, 5) is 29.2. The molecule has 218 valence electrons. The van der Waals surface area contributed by atoms with Crippen molar-refractivity contribution in [3.05, 3.63) is 69.0 Å². The van der Waals surface area contributed by atoms with E-state index < -0.39 is 63.6 Å². The first-order valence-corrected chi connectivity index (χ1v) is 12.4. The fourth-order valence-electron chi connectivity index (χ4n) is 4.25. The zero-order chi connectivity index (χ0) is 30.4. The predicted octanol–water partition coefficient (Wildman–Crippen LogP) is 5.54. The minimum absolute atomic E-state index is 0.00715. The van der Waals surface area contributed by atoms with Crippen LogP contribution in [0.15, 0.2) is 35.5 Å². The summed E-state index contributed by atoms with van der Waals surface area (Å²) in [6, 6.07) is 6.07. The van der Waals surface area contributed by atoms with E-state index in [0.717, 1.165) is 0 Å². The van der Waals surface area contributed by atoms with E-state index >= 15 is 0 Å². The third-order valence-corrected chi connectivity index (χ3v) is 7.18. The van der Waals surface area contributed by atoms with Crippen LogP contribution in [0.3, 0.4) is 0 Å². The van der Waals surface area contributed by atoms with Gasteiger partial charge >= 0.3 is 12.4 Å². The van der Waals surface area contributed by atoms with Gasteiger partial charge in [-0.3, -0.25) is 9.59 Å². The molecular formula is C26H20ClF7N4O3. The summed E-state index contributed by atoms with van der Waals surface area (Å²) in [6.45, 7) is 1.23. The van der Waals surface area contributed by atoms with Gasteiger partial charge in [-0.05, 0) is 55.2 Å². The molecule has 41 heavy (non-hydrogen) atoms. The second-order valence-corrected chi connectivity index (χ2v) is 10.2. The Morgan fingerprint density at radius 3 is 2.37 bits per heavy atom. The highest BCUT2D eigenvalue weighted by Gasteiger charge is 2.64. The minimum Gasteiger partial charge on any atom is -0.374 e. The first-order chi connectivity index (χ1) is 19.0. The van der Waals surface area contributed by atoms with E-state index in [1.54, 1.807) is 0 Å². The monoisotopic (exact) mass is 604 g/mol. The Bertz CT molecular complexity index is 1480. The molecule has 1 heterocycles. The average molecular weight is 605 g/mol. The van der Waals surface area contributed by atoms with Crippen LogP contribution >= 0.6 is 11.6 Å². The number of alkyl halides is 6. The van der Waals surface area contributed by atoms with Gasteiger partial charge in [-0.1, -0.05) is 22.8 Å². The van der Waals surface area contributed by atoms with Crippen molar-refractivity contribution in [1.29, 1.82) is 5.26 Å². The maximum atomic E-state index is 14.8. The molecule has 2 N–H and O–H groups in total. The van der Waals surface area contributed by atoms with E-state index in [2.05, 4.69) is 26.7 Å². The Labute approximate surface area is 233 Å². The largest absolute Gasteiger partial charge is 0.435 e. The van der Waals surface area contributed by atoms with E-state index in [9.17, 15) is 40.3 Å². The predicted molar refractivity (Wildman–Crippen MR) is 130 cm³/mol. The molecule has 1 unspecified atom stereocenters. The van der Waals surface area contributed by atoms with Gasteiger partial charge < -0.3 is 15.5 Å². The van der Waals surface area contributed by atoms with Crippen molar-refractivity contribution in [3.63, 3.8) is 0 Å². The summed E-state index contributed by atoms with van der Waals surface area (Å²) in [7, 11) is 0. The Morgan fingerprint density at radius 2 is 1.80 bits per heavy atom. The molecule has 1 fully saturated rings. The van der Waals surface area contributed by atoms with Crippen molar-refractivity contribution in [3.8, 4) is 6.07 Å². The quantitative estimate of drug-likeness (QED) is 0.405. The summed E-state index contributed by atoms with van der Waals surface area (Å²) >= 11 is 5.52. The number of halogens is 8. The molecule has 0 saturated heterocycles. The maximum absolute atomic E-state index is 14.8. The van der Waals surface area contributed by atoms with Gasteiger partial charge in [0, 0.05) is 17.7 Å². The second-order valence-electron chi connectivity index (χ2n) is 9.83. The molecule has 15 heteroatoms. The van der Waals surface area contributed by atoms with Crippen LogP contribution in [0, 0.1) is 29.5 Å². The number of nitriles is 1. The number of carbonyl (C=O) groups is 2. The average Bonchev–Trinajstić information content (AvgIpc) is 3.53. The molecule has 1 atom stereocenters. The smallest absolute Gasteiger partial charge is 0.374 e. The minimum atomic E-state index is -5.41. The highest BCUT2D eigenvalue weighted by Crippen LogP contribution is 2.51. The van der Waals surface area contributed by atoms with E-state index in [-0.39, 0.29) is 47.6 Å². The van der Waals surface area contributed by atoms with Crippen molar-refractivity contribution in [2.75, 3.05) is 13.1 Å². The fraction of sp³-hybridized carbons (Fsp3) is 0.385. The molecule has 1 saturated carbocycles. The second kappa shape index (κ2) is 10.5. The lowest BCUT2D eigenvalue weighted by Crippen LogP contribution is -2.43. The van der Waals surface area contributed by atoms with Crippen LogP contribution in [0.2, 0.25) is 5.02 Å². The third kappa shape index (κ3) is 5.95. The van der Waals surface area contributed by atoms with Gasteiger partial charge in [0.2, 0.25) is 5.91 Å². The highest BCUT2D eigenvalue weighted by atomic mass is 35.5. The number of carbonyl (C=O) groups excluding carboxylic acids is 2. The molecule has 2 aliphatic rings. The summed E-state index contributed by atoms with van der Waals surface area (Å²) in [5, 5.41) is 16.3. The molecule has 1 aliphatic heterocycles.